The van der Waals surface area contributed by atoms with E-state index >= 15 is 0 Å². The number of likely N-dealkylation sites (N-methyl/N-ethyl adjacent to an activating group) is 1. The van der Waals surface area contributed by atoms with Crippen molar-refractivity contribution >= 4 is 50.6 Å². The molecule has 0 bridgehead atoms. The monoisotopic (exact) mass is 598 g/mol. The van der Waals surface area contributed by atoms with Gasteiger partial charge in [-0.15, -0.1) is 0 Å². The van der Waals surface area contributed by atoms with Crippen molar-refractivity contribution in [3.8, 4) is 5.75 Å². The molecule has 1 atom stereocenters. The summed E-state index contributed by atoms with van der Waals surface area (Å²) in [7, 11) is -0.538. The van der Waals surface area contributed by atoms with Gasteiger partial charge in [0.05, 0.1) is 19.1 Å². The summed E-state index contributed by atoms with van der Waals surface area (Å²) in [6.45, 7) is 2.52. The van der Waals surface area contributed by atoms with Gasteiger partial charge >= 0.3 is 5.97 Å². The molecule has 0 aromatic heterocycles. The lowest BCUT2D eigenvalue weighted by molar-refractivity contribution is -0.138. The first-order chi connectivity index (χ1) is 19.9. The maximum Gasteiger partial charge on any atom is 0.305 e. The Morgan fingerprint density at radius 3 is 2.40 bits per heavy atom. The molecule has 0 saturated carbocycles. The number of amides is 2. The van der Waals surface area contributed by atoms with Crippen molar-refractivity contribution in [1.29, 1.82) is 0 Å². The zero-order chi connectivity index (χ0) is 30.9. The lowest BCUT2D eigenvalue weighted by atomic mass is 9.97. The zero-order valence-electron chi connectivity index (χ0n) is 23.5. The number of nitrogens with zero attached hydrogens (tertiary/aromatic N) is 1. The molecule has 13 heteroatoms. The van der Waals surface area contributed by atoms with Crippen LogP contribution in [0.25, 0.3) is 10.8 Å². The second-order valence-corrected chi connectivity index (χ2v) is 11.5. The third-order valence-electron chi connectivity index (χ3n) is 6.15. The molecule has 2 amide bonds. The van der Waals surface area contributed by atoms with Gasteiger partial charge in [0, 0.05) is 43.8 Å². The predicted molar refractivity (Wildman–Crippen MR) is 157 cm³/mol. The normalized spacial score (nSPS) is 12.1. The van der Waals surface area contributed by atoms with Gasteiger partial charge in [0.2, 0.25) is 15.9 Å². The third-order valence-corrected chi connectivity index (χ3v) is 7.68. The van der Waals surface area contributed by atoms with Crippen molar-refractivity contribution in [2.75, 3.05) is 39.1 Å². The molecule has 0 spiro atoms. The molecule has 3 aromatic rings. The zero-order valence-corrected chi connectivity index (χ0v) is 24.4. The predicted octanol–water partition coefficient (Wildman–Crippen LogP) is 2.03. The van der Waals surface area contributed by atoms with Crippen LogP contribution in [0.5, 0.6) is 5.75 Å². The van der Waals surface area contributed by atoms with E-state index < -0.39 is 28.5 Å². The number of sulfonamides is 1. The molecule has 0 aliphatic rings. The molecule has 42 heavy (non-hydrogen) atoms. The summed E-state index contributed by atoms with van der Waals surface area (Å²) in [4.78, 5) is 48.4. The average molecular weight is 599 g/mol. The van der Waals surface area contributed by atoms with Crippen molar-refractivity contribution in [2.24, 2.45) is 0 Å². The average Bonchev–Trinajstić information content (AvgIpc) is 2.91. The number of rotatable bonds is 15. The number of carbonyl (C=O) groups is 4. The first kappa shape index (κ1) is 32.2. The minimum absolute atomic E-state index is 0.0245. The van der Waals surface area contributed by atoms with Crippen LogP contribution in [0, 0.1) is 0 Å². The number of carboxylic acid groups (broad SMARTS) is 1. The largest absolute Gasteiger partial charge is 0.492 e. The van der Waals surface area contributed by atoms with Crippen molar-refractivity contribution in [2.45, 2.75) is 30.7 Å². The summed E-state index contributed by atoms with van der Waals surface area (Å²) in [5.74, 6) is -2.02. The standard InChI is InChI=1S/C29H34N4O8S/c1-19(35)31-21-9-11-27(42(39,40)32-22(18-34)17-28(36)37)26(16-21)41-15-12-20-8-10-25(24-7-5-4-6-23(20)24)29(38)30-13-14-33(2)3/h4-11,16,18,22,32H,12-15,17H2,1-3H3,(H,30,38)(H,31,35)(H,36,37). The molecular weight excluding hydrogens is 564 g/mol. The van der Waals surface area contributed by atoms with E-state index in [9.17, 15) is 27.6 Å². The maximum absolute atomic E-state index is 13.1. The first-order valence-electron chi connectivity index (χ1n) is 13.1. The van der Waals surface area contributed by atoms with Crippen LogP contribution in [0.3, 0.4) is 0 Å². The van der Waals surface area contributed by atoms with Gasteiger partial charge in [-0.3, -0.25) is 14.4 Å². The summed E-state index contributed by atoms with van der Waals surface area (Å²) in [6.07, 6.45) is -0.189. The lowest BCUT2D eigenvalue weighted by Gasteiger charge is -2.17. The number of carboxylic acids is 1. The minimum Gasteiger partial charge on any atom is -0.492 e. The molecule has 224 valence electrons. The van der Waals surface area contributed by atoms with Crippen molar-refractivity contribution in [3.63, 3.8) is 0 Å². The maximum atomic E-state index is 13.1. The van der Waals surface area contributed by atoms with Crippen LogP contribution in [-0.4, -0.2) is 82.3 Å². The fourth-order valence-electron chi connectivity index (χ4n) is 4.23. The summed E-state index contributed by atoms with van der Waals surface area (Å²) in [5, 5.41) is 16.1. The van der Waals surface area contributed by atoms with Gasteiger partial charge in [-0.25, -0.2) is 13.1 Å². The topological polar surface area (TPSA) is 171 Å². The van der Waals surface area contributed by atoms with Crippen LogP contribution < -0.4 is 20.1 Å². The fraction of sp³-hybridized carbons (Fsp3) is 0.310. The van der Waals surface area contributed by atoms with Crippen molar-refractivity contribution in [3.05, 3.63) is 65.7 Å². The third kappa shape index (κ3) is 8.83. The molecule has 0 fully saturated rings. The Bertz CT molecular complexity index is 1570. The number of benzene rings is 3. The molecule has 0 heterocycles. The molecule has 0 saturated heterocycles. The van der Waals surface area contributed by atoms with E-state index in [-0.39, 0.29) is 41.0 Å². The van der Waals surface area contributed by atoms with Crippen LogP contribution in [0.1, 0.15) is 29.3 Å². The summed E-state index contributed by atoms with van der Waals surface area (Å²) in [6, 6.07) is 13.4. The quantitative estimate of drug-likeness (QED) is 0.191. The highest BCUT2D eigenvalue weighted by molar-refractivity contribution is 7.89. The van der Waals surface area contributed by atoms with E-state index in [1.54, 1.807) is 6.07 Å². The van der Waals surface area contributed by atoms with Crippen LogP contribution in [0.15, 0.2) is 59.5 Å². The van der Waals surface area contributed by atoms with Crippen molar-refractivity contribution < 1.29 is 37.4 Å². The summed E-state index contributed by atoms with van der Waals surface area (Å²) in [5.41, 5.74) is 1.67. The SMILES string of the molecule is CC(=O)Nc1ccc(S(=O)(=O)NC(C=O)CC(=O)O)c(OCCc2ccc(C(=O)NCCN(C)C)c3ccccc23)c1. The minimum atomic E-state index is -4.38. The number of carbonyl (C=O) groups excluding carboxylic acids is 3. The van der Waals surface area contributed by atoms with E-state index in [0.717, 1.165) is 16.3 Å². The number of aliphatic carboxylic acids is 1. The Balaban J connectivity index is 1.85. The van der Waals surface area contributed by atoms with Gasteiger partial charge in [0.1, 0.15) is 16.9 Å². The van der Waals surface area contributed by atoms with Gasteiger partial charge in [-0.2, -0.15) is 0 Å². The molecule has 0 radical (unpaired) electrons. The van der Waals surface area contributed by atoms with E-state index in [0.29, 0.717) is 25.1 Å². The Morgan fingerprint density at radius 2 is 1.76 bits per heavy atom. The summed E-state index contributed by atoms with van der Waals surface area (Å²) >= 11 is 0. The summed E-state index contributed by atoms with van der Waals surface area (Å²) < 4.78 is 34.1. The van der Waals surface area contributed by atoms with E-state index in [4.69, 9.17) is 9.84 Å². The van der Waals surface area contributed by atoms with Gasteiger partial charge in [-0.1, -0.05) is 30.3 Å². The number of hydrogen-bond donors (Lipinski definition) is 4. The molecule has 1 unspecified atom stereocenters. The second-order valence-electron chi connectivity index (χ2n) is 9.78. The second kappa shape index (κ2) is 14.5. The number of nitrogens with one attached hydrogen (secondary N) is 3. The lowest BCUT2D eigenvalue weighted by Crippen LogP contribution is -2.37. The molecule has 4 N–H and O–H groups in total. The van der Waals surface area contributed by atoms with Gasteiger partial charge in [0.15, 0.2) is 0 Å². The van der Waals surface area contributed by atoms with E-state index in [1.807, 2.05) is 49.3 Å². The number of hydrogen-bond acceptors (Lipinski definition) is 8. The number of ether oxygens (including phenoxy) is 1. The Labute approximate surface area is 244 Å². The Hall–Kier alpha value is -4.33. The van der Waals surface area contributed by atoms with Crippen LogP contribution >= 0.6 is 0 Å². The number of aldehydes is 1. The van der Waals surface area contributed by atoms with Crippen molar-refractivity contribution in [1.82, 2.24) is 14.9 Å². The van der Waals surface area contributed by atoms with Gasteiger partial charge < -0.3 is 30.2 Å². The number of anilines is 1. The smallest absolute Gasteiger partial charge is 0.305 e. The fourth-order valence-corrected chi connectivity index (χ4v) is 5.52. The Morgan fingerprint density at radius 1 is 1.05 bits per heavy atom. The molecular formula is C29H34N4O8S. The molecule has 3 rings (SSSR count). The molecule has 12 nitrogen and oxygen atoms in total. The highest BCUT2D eigenvalue weighted by Gasteiger charge is 2.25. The van der Waals surface area contributed by atoms with Crippen LogP contribution in [0.2, 0.25) is 0 Å². The van der Waals surface area contributed by atoms with E-state index in [2.05, 4.69) is 15.4 Å². The molecule has 0 aliphatic carbocycles. The molecule has 3 aromatic carbocycles. The van der Waals surface area contributed by atoms with E-state index in [1.165, 1.54) is 25.1 Å². The number of fused-ring (bicyclic) bond motifs is 1. The highest BCUT2D eigenvalue weighted by atomic mass is 32.2. The Kier molecular flexibility index (Phi) is 11.1. The van der Waals surface area contributed by atoms with Gasteiger partial charge in [-0.05, 0) is 48.6 Å². The van der Waals surface area contributed by atoms with Gasteiger partial charge in [0.25, 0.3) is 5.91 Å². The van der Waals surface area contributed by atoms with Crippen LogP contribution in [0.4, 0.5) is 5.69 Å². The highest BCUT2D eigenvalue weighted by Crippen LogP contribution is 2.29. The van der Waals surface area contributed by atoms with Crippen LogP contribution in [-0.2, 0) is 30.8 Å². The first-order valence-corrected chi connectivity index (χ1v) is 14.6. The molecule has 0 aliphatic heterocycles.